The van der Waals surface area contributed by atoms with Crippen molar-refractivity contribution in [1.82, 2.24) is 5.32 Å². The monoisotopic (exact) mass is 371 g/mol. The van der Waals surface area contributed by atoms with Crippen molar-refractivity contribution in [3.8, 4) is 17.2 Å². The maximum absolute atomic E-state index is 12.1. The van der Waals surface area contributed by atoms with Crippen LogP contribution in [0.15, 0.2) is 48.5 Å². The molecule has 1 amide bonds. The van der Waals surface area contributed by atoms with E-state index in [1.807, 2.05) is 12.1 Å². The maximum Gasteiger partial charge on any atom is 0.260 e. The van der Waals surface area contributed by atoms with E-state index >= 15 is 0 Å². The summed E-state index contributed by atoms with van der Waals surface area (Å²) in [5, 5.41) is 2.82. The van der Waals surface area contributed by atoms with E-state index in [4.69, 9.17) is 14.2 Å². The van der Waals surface area contributed by atoms with Gasteiger partial charge in [0.15, 0.2) is 6.10 Å². The van der Waals surface area contributed by atoms with Crippen LogP contribution in [0.1, 0.15) is 33.3 Å². The van der Waals surface area contributed by atoms with Gasteiger partial charge >= 0.3 is 0 Å². The molecule has 0 radical (unpaired) electrons. The molecule has 0 bridgehead atoms. The summed E-state index contributed by atoms with van der Waals surface area (Å²) in [6.45, 7) is 9.05. The van der Waals surface area contributed by atoms with Gasteiger partial charge in [0.25, 0.3) is 5.91 Å². The predicted molar refractivity (Wildman–Crippen MR) is 107 cm³/mol. The molecular formula is C22H29NO4. The van der Waals surface area contributed by atoms with Crippen LogP contribution in [0.5, 0.6) is 17.2 Å². The predicted octanol–water partition coefficient (Wildman–Crippen LogP) is 3.96. The summed E-state index contributed by atoms with van der Waals surface area (Å²) in [5.41, 5.74) is 1.37. The van der Waals surface area contributed by atoms with E-state index in [0.717, 1.165) is 11.5 Å². The molecule has 5 heteroatoms. The first-order chi connectivity index (χ1) is 12.8. The van der Waals surface area contributed by atoms with Crippen molar-refractivity contribution in [2.45, 2.75) is 39.2 Å². The molecule has 146 valence electrons. The highest BCUT2D eigenvalue weighted by Gasteiger charge is 2.15. The van der Waals surface area contributed by atoms with Crippen LogP contribution in [-0.4, -0.2) is 32.3 Å². The maximum atomic E-state index is 12.1. The lowest BCUT2D eigenvalue weighted by Crippen LogP contribution is -2.38. The second kappa shape index (κ2) is 9.31. The van der Waals surface area contributed by atoms with E-state index in [2.05, 4.69) is 38.2 Å². The Balaban J connectivity index is 1.71. The molecule has 0 aliphatic carbocycles. The van der Waals surface area contributed by atoms with Gasteiger partial charge in [-0.3, -0.25) is 4.79 Å². The van der Waals surface area contributed by atoms with Crippen molar-refractivity contribution >= 4 is 5.91 Å². The normalized spacial score (nSPS) is 12.2. The standard InChI is InChI=1S/C22H29NO4/c1-16(27-20-12-10-18(25-5)11-13-20)21(24)23-14-15-26-19-8-6-17(7-9-19)22(2,3)4/h6-13,16H,14-15H2,1-5H3,(H,23,24)/t16-/m1/s1. The lowest BCUT2D eigenvalue weighted by Gasteiger charge is -2.19. The number of carbonyl (C=O) groups is 1. The second-order valence-electron chi connectivity index (χ2n) is 7.35. The van der Waals surface area contributed by atoms with E-state index < -0.39 is 6.10 Å². The zero-order valence-corrected chi connectivity index (χ0v) is 16.7. The van der Waals surface area contributed by atoms with Gasteiger partial charge < -0.3 is 19.5 Å². The van der Waals surface area contributed by atoms with Crippen molar-refractivity contribution < 1.29 is 19.0 Å². The molecule has 0 saturated heterocycles. The molecule has 0 aromatic heterocycles. The molecule has 1 atom stereocenters. The Morgan fingerprint density at radius 2 is 1.52 bits per heavy atom. The zero-order chi connectivity index (χ0) is 19.9. The first-order valence-corrected chi connectivity index (χ1v) is 9.11. The van der Waals surface area contributed by atoms with E-state index in [9.17, 15) is 4.79 Å². The minimum atomic E-state index is -0.593. The molecule has 2 aromatic rings. The third-order valence-corrected chi connectivity index (χ3v) is 4.13. The topological polar surface area (TPSA) is 56.8 Å². The summed E-state index contributed by atoms with van der Waals surface area (Å²) < 4.78 is 16.4. The van der Waals surface area contributed by atoms with Crippen molar-refractivity contribution in [2.24, 2.45) is 0 Å². The molecule has 0 saturated carbocycles. The fourth-order valence-corrected chi connectivity index (χ4v) is 2.45. The van der Waals surface area contributed by atoms with Gasteiger partial charge in [0.05, 0.1) is 13.7 Å². The molecule has 0 unspecified atom stereocenters. The summed E-state index contributed by atoms with van der Waals surface area (Å²) in [4.78, 5) is 12.1. The van der Waals surface area contributed by atoms with Gasteiger partial charge in [-0.25, -0.2) is 0 Å². The summed E-state index contributed by atoms with van der Waals surface area (Å²) in [7, 11) is 1.60. The van der Waals surface area contributed by atoms with Gasteiger partial charge in [-0.2, -0.15) is 0 Å². The molecule has 0 aliphatic rings. The van der Waals surface area contributed by atoms with Gasteiger partial charge in [-0.15, -0.1) is 0 Å². The number of benzene rings is 2. The number of nitrogens with one attached hydrogen (secondary N) is 1. The molecule has 0 aliphatic heterocycles. The Bertz CT molecular complexity index is 717. The Morgan fingerprint density at radius 3 is 2.07 bits per heavy atom. The molecule has 0 heterocycles. The van der Waals surface area contributed by atoms with Gasteiger partial charge in [-0.05, 0) is 54.3 Å². The van der Waals surface area contributed by atoms with Crippen molar-refractivity contribution in [1.29, 1.82) is 0 Å². The number of rotatable bonds is 8. The van der Waals surface area contributed by atoms with E-state index in [0.29, 0.717) is 18.9 Å². The average Bonchev–Trinajstić information content (AvgIpc) is 2.65. The molecule has 5 nitrogen and oxygen atoms in total. The minimum absolute atomic E-state index is 0.118. The summed E-state index contributed by atoms with van der Waals surface area (Å²) in [5.74, 6) is 1.97. The Labute approximate surface area is 161 Å². The van der Waals surface area contributed by atoms with Crippen LogP contribution in [-0.2, 0) is 10.2 Å². The second-order valence-corrected chi connectivity index (χ2v) is 7.35. The summed E-state index contributed by atoms with van der Waals surface area (Å²) >= 11 is 0. The van der Waals surface area contributed by atoms with Crippen LogP contribution in [0.3, 0.4) is 0 Å². The molecule has 1 N–H and O–H groups in total. The molecule has 27 heavy (non-hydrogen) atoms. The fourth-order valence-electron chi connectivity index (χ4n) is 2.45. The smallest absolute Gasteiger partial charge is 0.260 e. The lowest BCUT2D eigenvalue weighted by molar-refractivity contribution is -0.127. The molecular weight excluding hydrogens is 342 g/mol. The third kappa shape index (κ3) is 6.51. The highest BCUT2D eigenvalue weighted by molar-refractivity contribution is 5.80. The zero-order valence-electron chi connectivity index (χ0n) is 16.7. The lowest BCUT2D eigenvalue weighted by atomic mass is 9.87. The van der Waals surface area contributed by atoms with Gasteiger partial charge in [0, 0.05) is 0 Å². The molecule has 2 rings (SSSR count). The Hall–Kier alpha value is -2.69. The largest absolute Gasteiger partial charge is 0.497 e. The Morgan fingerprint density at radius 1 is 0.963 bits per heavy atom. The third-order valence-electron chi connectivity index (χ3n) is 4.13. The van der Waals surface area contributed by atoms with Gasteiger partial charge in [-0.1, -0.05) is 32.9 Å². The number of hydrogen-bond acceptors (Lipinski definition) is 4. The van der Waals surface area contributed by atoms with Crippen LogP contribution < -0.4 is 19.5 Å². The first kappa shape index (κ1) is 20.6. The number of methoxy groups -OCH3 is 1. The number of carbonyl (C=O) groups excluding carboxylic acids is 1. The fraction of sp³-hybridized carbons (Fsp3) is 0.409. The first-order valence-electron chi connectivity index (χ1n) is 9.11. The SMILES string of the molecule is COc1ccc(O[C@H](C)C(=O)NCCOc2ccc(C(C)(C)C)cc2)cc1. The highest BCUT2D eigenvalue weighted by atomic mass is 16.5. The van der Waals surface area contributed by atoms with Crippen molar-refractivity contribution in [3.63, 3.8) is 0 Å². The number of hydrogen-bond donors (Lipinski definition) is 1. The molecule has 2 aromatic carbocycles. The summed E-state index contributed by atoms with van der Waals surface area (Å²) in [6, 6.07) is 15.2. The van der Waals surface area contributed by atoms with Crippen LogP contribution in [0, 0.1) is 0 Å². The van der Waals surface area contributed by atoms with Crippen LogP contribution in [0.4, 0.5) is 0 Å². The highest BCUT2D eigenvalue weighted by Crippen LogP contribution is 2.24. The average molecular weight is 371 g/mol. The quantitative estimate of drug-likeness (QED) is 0.714. The molecule has 0 fully saturated rings. The van der Waals surface area contributed by atoms with E-state index in [1.165, 1.54) is 5.56 Å². The van der Waals surface area contributed by atoms with Gasteiger partial charge in [0.1, 0.15) is 23.9 Å². The van der Waals surface area contributed by atoms with E-state index in [1.54, 1.807) is 38.3 Å². The Kier molecular flexibility index (Phi) is 7.11. The van der Waals surface area contributed by atoms with Crippen LogP contribution >= 0.6 is 0 Å². The van der Waals surface area contributed by atoms with Crippen molar-refractivity contribution in [3.05, 3.63) is 54.1 Å². The van der Waals surface area contributed by atoms with Crippen molar-refractivity contribution in [2.75, 3.05) is 20.3 Å². The number of amides is 1. The van der Waals surface area contributed by atoms with Crippen LogP contribution in [0.2, 0.25) is 0 Å². The minimum Gasteiger partial charge on any atom is -0.497 e. The van der Waals surface area contributed by atoms with Gasteiger partial charge in [0.2, 0.25) is 0 Å². The summed E-state index contributed by atoms with van der Waals surface area (Å²) in [6.07, 6.45) is -0.593. The van der Waals surface area contributed by atoms with Crippen LogP contribution in [0.25, 0.3) is 0 Å². The molecule has 0 spiro atoms. The number of ether oxygens (including phenoxy) is 3. The van der Waals surface area contributed by atoms with E-state index in [-0.39, 0.29) is 11.3 Å².